The van der Waals surface area contributed by atoms with Gasteiger partial charge < -0.3 is 9.84 Å². The lowest BCUT2D eigenvalue weighted by molar-refractivity contribution is -0.144. The van der Waals surface area contributed by atoms with Gasteiger partial charge in [-0.1, -0.05) is 0 Å². The quantitative estimate of drug-likeness (QED) is 0.828. The van der Waals surface area contributed by atoms with Gasteiger partial charge in [-0.05, 0) is 19.8 Å². The molecule has 1 fully saturated rings. The third-order valence-electron chi connectivity index (χ3n) is 3.00. The van der Waals surface area contributed by atoms with Crippen LogP contribution < -0.4 is 5.32 Å². The van der Waals surface area contributed by atoms with Crippen LogP contribution in [0.5, 0.6) is 0 Å². The van der Waals surface area contributed by atoms with Crippen LogP contribution in [-0.4, -0.2) is 35.3 Å². The van der Waals surface area contributed by atoms with E-state index in [1.165, 1.54) is 11.3 Å². The summed E-state index contributed by atoms with van der Waals surface area (Å²) in [5, 5.41) is 14.8. The average Bonchev–Trinajstić information content (AvgIpc) is 2.98. The van der Waals surface area contributed by atoms with E-state index >= 15 is 0 Å². The second-order valence-electron chi connectivity index (χ2n) is 4.28. The molecule has 2 atom stereocenters. The van der Waals surface area contributed by atoms with E-state index in [1.807, 2.05) is 0 Å². The zero-order valence-corrected chi connectivity index (χ0v) is 10.5. The monoisotopic (exact) mass is 256 g/mol. The van der Waals surface area contributed by atoms with Gasteiger partial charge >= 0.3 is 5.97 Å². The molecular weight excluding hydrogens is 240 g/mol. The average molecular weight is 256 g/mol. The summed E-state index contributed by atoms with van der Waals surface area (Å²) >= 11 is 1.35. The van der Waals surface area contributed by atoms with Crippen molar-refractivity contribution in [1.29, 1.82) is 0 Å². The number of thiazole rings is 1. The fourth-order valence-corrected chi connectivity index (χ4v) is 2.60. The summed E-state index contributed by atoms with van der Waals surface area (Å²) < 4.78 is 5.47. The molecule has 0 saturated carbocycles. The molecule has 1 aliphatic heterocycles. The predicted molar refractivity (Wildman–Crippen MR) is 64.1 cm³/mol. The van der Waals surface area contributed by atoms with Crippen molar-refractivity contribution in [1.82, 2.24) is 10.3 Å². The number of nitrogens with one attached hydrogen (secondary N) is 1. The molecule has 2 N–H and O–H groups in total. The lowest BCUT2D eigenvalue weighted by Gasteiger charge is -2.25. The zero-order chi connectivity index (χ0) is 12.3. The van der Waals surface area contributed by atoms with Crippen LogP contribution in [0.1, 0.15) is 24.8 Å². The van der Waals surface area contributed by atoms with E-state index in [2.05, 4.69) is 10.3 Å². The summed E-state index contributed by atoms with van der Waals surface area (Å²) in [4.78, 5) is 15.5. The molecule has 2 heterocycles. The van der Waals surface area contributed by atoms with Gasteiger partial charge in [-0.2, -0.15) is 0 Å². The van der Waals surface area contributed by atoms with Crippen LogP contribution in [0.2, 0.25) is 0 Å². The van der Waals surface area contributed by atoms with Crippen molar-refractivity contribution in [2.24, 2.45) is 0 Å². The first-order chi connectivity index (χ1) is 8.13. The van der Waals surface area contributed by atoms with Crippen LogP contribution >= 0.6 is 11.3 Å². The Morgan fingerprint density at radius 3 is 3.18 bits per heavy atom. The van der Waals surface area contributed by atoms with E-state index in [0.717, 1.165) is 19.4 Å². The zero-order valence-electron chi connectivity index (χ0n) is 9.68. The molecule has 17 heavy (non-hydrogen) atoms. The first-order valence-corrected chi connectivity index (χ1v) is 6.51. The summed E-state index contributed by atoms with van der Waals surface area (Å²) in [5.74, 6) is -0.912. The van der Waals surface area contributed by atoms with Gasteiger partial charge in [0.15, 0.2) is 5.54 Å². The SMILES string of the molecule is CC(NCC1CCCO1)(C(=O)O)c1nccs1. The molecule has 5 nitrogen and oxygen atoms in total. The molecule has 2 unspecified atom stereocenters. The van der Waals surface area contributed by atoms with Gasteiger partial charge in [-0.3, -0.25) is 5.32 Å². The minimum atomic E-state index is -1.12. The third-order valence-corrected chi connectivity index (χ3v) is 3.99. The second-order valence-corrected chi connectivity index (χ2v) is 5.18. The fourth-order valence-electron chi connectivity index (χ4n) is 1.84. The van der Waals surface area contributed by atoms with Gasteiger partial charge in [0.05, 0.1) is 6.10 Å². The molecule has 0 radical (unpaired) electrons. The summed E-state index contributed by atoms with van der Waals surface area (Å²) in [6.07, 6.45) is 3.77. The number of carbonyl (C=O) groups is 1. The summed E-state index contributed by atoms with van der Waals surface area (Å²) in [7, 11) is 0. The van der Waals surface area contributed by atoms with Gasteiger partial charge in [0.1, 0.15) is 5.01 Å². The molecule has 2 rings (SSSR count). The number of hydrogen-bond donors (Lipinski definition) is 2. The molecule has 0 spiro atoms. The van der Waals surface area contributed by atoms with Crippen molar-refractivity contribution in [3.8, 4) is 0 Å². The summed E-state index contributed by atoms with van der Waals surface area (Å²) in [5.41, 5.74) is -1.12. The topological polar surface area (TPSA) is 71.5 Å². The normalized spacial score (nSPS) is 23.5. The van der Waals surface area contributed by atoms with Gasteiger partial charge in [0.2, 0.25) is 0 Å². The predicted octanol–water partition coefficient (Wildman–Crippen LogP) is 1.21. The number of carboxylic acid groups (broad SMARTS) is 1. The highest BCUT2D eigenvalue weighted by Crippen LogP contribution is 2.24. The van der Waals surface area contributed by atoms with E-state index in [9.17, 15) is 9.90 Å². The largest absolute Gasteiger partial charge is 0.480 e. The van der Waals surface area contributed by atoms with Crippen LogP contribution in [-0.2, 0) is 15.1 Å². The van der Waals surface area contributed by atoms with E-state index < -0.39 is 11.5 Å². The number of hydrogen-bond acceptors (Lipinski definition) is 5. The van der Waals surface area contributed by atoms with Crippen molar-refractivity contribution >= 4 is 17.3 Å². The lowest BCUT2D eigenvalue weighted by Crippen LogP contribution is -2.49. The molecule has 0 amide bonds. The molecule has 94 valence electrons. The van der Waals surface area contributed by atoms with Crippen LogP contribution in [0.3, 0.4) is 0 Å². The Balaban J connectivity index is 2.04. The first kappa shape index (κ1) is 12.5. The highest BCUT2D eigenvalue weighted by molar-refractivity contribution is 7.09. The summed E-state index contributed by atoms with van der Waals surface area (Å²) in [6, 6.07) is 0. The standard InChI is InChI=1S/C11H16N2O3S/c1-11(10(14)15,9-12-4-6-17-9)13-7-8-3-2-5-16-8/h4,6,8,13H,2-3,5,7H2,1H3,(H,14,15). The minimum Gasteiger partial charge on any atom is -0.480 e. The second kappa shape index (κ2) is 5.12. The Bertz CT molecular complexity index is 376. The van der Waals surface area contributed by atoms with Crippen molar-refractivity contribution in [2.75, 3.05) is 13.2 Å². The van der Waals surface area contributed by atoms with Crippen molar-refractivity contribution < 1.29 is 14.6 Å². The van der Waals surface area contributed by atoms with E-state index in [1.54, 1.807) is 18.5 Å². The van der Waals surface area contributed by atoms with E-state index in [4.69, 9.17) is 4.74 Å². The molecular formula is C11H16N2O3S. The van der Waals surface area contributed by atoms with Crippen LogP contribution in [0.4, 0.5) is 0 Å². The maximum atomic E-state index is 11.4. The first-order valence-electron chi connectivity index (χ1n) is 5.63. The Kier molecular flexibility index (Phi) is 3.76. The number of aromatic nitrogens is 1. The highest BCUT2D eigenvalue weighted by atomic mass is 32.1. The van der Waals surface area contributed by atoms with Crippen molar-refractivity contribution in [2.45, 2.75) is 31.4 Å². The smallest absolute Gasteiger partial charge is 0.330 e. The fraction of sp³-hybridized carbons (Fsp3) is 0.636. The minimum absolute atomic E-state index is 0.119. The Hall–Kier alpha value is -0.980. The Labute approximate surface area is 104 Å². The maximum Gasteiger partial charge on any atom is 0.330 e. The van der Waals surface area contributed by atoms with E-state index in [0.29, 0.717) is 11.6 Å². The molecule has 1 aromatic heterocycles. The number of ether oxygens (including phenoxy) is 1. The molecule has 1 aromatic rings. The Morgan fingerprint density at radius 1 is 1.82 bits per heavy atom. The van der Waals surface area contributed by atoms with Crippen molar-refractivity contribution in [3.05, 3.63) is 16.6 Å². The van der Waals surface area contributed by atoms with Crippen LogP contribution in [0.25, 0.3) is 0 Å². The van der Waals surface area contributed by atoms with Gasteiger partial charge in [0, 0.05) is 24.7 Å². The maximum absolute atomic E-state index is 11.4. The van der Waals surface area contributed by atoms with Crippen LogP contribution in [0, 0.1) is 0 Å². The highest BCUT2D eigenvalue weighted by Gasteiger charge is 2.38. The van der Waals surface area contributed by atoms with Gasteiger partial charge in [-0.15, -0.1) is 11.3 Å². The third kappa shape index (κ3) is 2.65. The van der Waals surface area contributed by atoms with Gasteiger partial charge in [0.25, 0.3) is 0 Å². The molecule has 0 aliphatic carbocycles. The molecule has 6 heteroatoms. The number of rotatable bonds is 5. The molecule has 0 aromatic carbocycles. The number of nitrogens with zero attached hydrogens (tertiary/aromatic N) is 1. The molecule has 1 aliphatic rings. The molecule has 0 bridgehead atoms. The summed E-state index contributed by atoms with van der Waals surface area (Å²) in [6.45, 7) is 2.96. The van der Waals surface area contributed by atoms with Crippen LogP contribution in [0.15, 0.2) is 11.6 Å². The lowest BCUT2D eigenvalue weighted by atomic mass is 10.0. The Morgan fingerprint density at radius 2 is 2.65 bits per heavy atom. The number of aliphatic carboxylic acids is 1. The van der Waals surface area contributed by atoms with E-state index in [-0.39, 0.29) is 6.10 Å². The molecule has 1 saturated heterocycles. The number of carboxylic acids is 1. The van der Waals surface area contributed by atoms with Gasteiger partial charge in [-0.25, -0.2) is 9.78 Å². The van der Waals surface area contributed by atoms with Crippen molar-refractivity contribution in [3.63, 3.8) is 0 Å².